The summed E-state index contributed by atoms with van der Waals surface area (Å²) in [6, 6.07) is 18.3. The molecule has 5 aromatic rings. The SMILES string of the molecule is O=C1Nc2c(C(F)(F)F)cccc2C1(c1ccc(O)cc1)C1CCCCC1.O=C1Nc2c(ccc(F)c2F)C1(c1ccc(O)cc1)c1cnn(O)c1. The molecule has 9 nitrogen and oxygen atoms in total. The smallest absolute Gasteiger partial charge is 0.418 e. The van der Waals surface area contributed by atoms with Crippen molar-refractivity contribution >= 4 is 23.2 Å². The van der Waals surface area contributed by atoms with E-state index in [1.165, 1.54) is 60.9 Å². The first-order valence-corrected chi connectivity index (χ1v) is 16.4. The molecule has 1 fully saturated rings. The van der Waals surface area contributed by atoms with E-state index in [4.69, 9.17) is 0 Å². The number of aromatic nitrogens is 2. The molecule has 1 aliphatic carbocycles. The summed E-state index contributed by atoms with van der Waals surface area (Å²) < 4.78 is 68.4. The summed E-state index contributed by atoms with van der Waals surface area (Å²) in [5.41, 5.74) is -2.04. The number of nitrogens with zero attached hydrogens (tertiary/aromatic N) is 2. The average molecular weight is 719 g/mol. The zero-order valence-corrected chi connectivity index (χ0v) is 27.2. The minimum Gasteiger partial charge on any atom is -0.508 e. The Labute approximate surface area is 293 Å². The van der Waals surface area contributed by atoms with Crippen molar-refractivity contribution in [3.8, 4) is 11.5 Å². The highest BCUT2D eigenvalue weighted by Crippen LogP contribution is 2.55. The second kappa shape index (κ2) is 12.7. The van der Waals surface area contributed by atoms with Crippen molar-refractivity contribution in [1.82, 2.24) is 9.94 Å². The van der Waals surface area contributed by atoms with E-state index in [1.54, 1.807) is 18.2 Å². The number of hydrogen-bond acceptors (Lipinski definition) is 6. The van der Waals surface area contributed by atoms with Crippen molar-refractivity contribution in [3.05, 3.63) is 136 Å². The number of fused-ring (bicyclic) bond motifs is 2. The third-order valence-electron chi connectivity index (χ3n) is 10.3. The van der Waals surface area contributed by atoms with Crippen molar-refractivity contribution in [3.63, 3.8) is 0 Å². The molecule has 2 unspecified atom stereocenters. The number of para-hydroxylation sites is 1. The number of aromatic hydroxyl groups is 2. The molecule has 0 radical (unpaired) electrons. The second-order valence-corrected chi connectivity index (χ2v) is 13.1. The van der Waals surface area contributed by atoms with Crippen molar-refractivity contribution < 1.29 is 47.0 Å². The van der Waals surface area contributed by atoms with Gasteiger partial charge in [-0.05, 0) is 71.8 Å². The summed E-state index contributed by atoms with van der Waals surface area (Å²) in [6.07, 6.45) is 2.47. The van der Waals surface area contributed by atoms with Gasteiger partial charge in [-0.15, -0.1) is 9.94 Å². The van der Waals surface area contributed by atoms with Gasteiger partial charge in [-0.1, -0.05) is 61.7 Å². The maximum Gasteiger partial charge on any atom is 0.418 e. The van der Waals surface area contributed by atoms with Gasteiger partial charge in [0.25, 0.3) is 0 Å². The quantitative estimate of drug-likeness (QED) is 0.0959. The van der Waals surface area contributed by atoms with E-state index < -0.39 is 46.0 Å². The number of anilines is 2. The summed E-state index contributed by atoms with van der Waals surface area (Å²) in [5.74, 6) is -3.32. The molecule has 0 bridgehead atoms. The van der Waals surface area contributed by atoms with Crippen LogP contribution in [0.1, 0.15) is 65.5 Å². The number of amides is 2. The lowest BCUT2D eigenvalue weighted by atomic mass is 9.62. The van der Waals surface area contributed by atoms with Gasteiger partial charge in [0.05, 0.1) is 29.3 Å². The number of nitrogens with one attached hydrogen (secondary N) is 2. The molecule has 52 heavy (non-hydrogen) atoms. The number of alkyl halides is 3. The zero-order chi connectivity index (χ0) is 37.0. The highest BCUT2D eigenvalue weighted by molar-refractivity contribution is 6.11. The van der Waals surface area contributed by atoms with Crippen LogP contribution in [0, 0.1) is 17.6 Å². The third kappa shape index (κ3) is 5.31. The van der Waals surface area contributed by atoms with E-state index in [2.05, 4.69) is 15.7 Å². The monoisotopic (exact) mass is 718 g/mol. The number of benzene rings is 4. The fourth-order valence-electron chi connectivity index (χ4n) is 8.05. The Morgan fingerprint density at radius 2 is 1.35 bits per heavy atom. The Hall–Kier alpha value is -5.92. The van der Waals surface area contributed by atoms with Crippen LogP contribution in [0.2, 0.25) is 0 Å². The number of halogens is 5. The van der Waals surface area contributed by atoms with Crippen molar-refractivity contribution in [2.75, 3.05) is 10.6 Å². The number of hydrogen-bond donors (Lipinski definition) is 5. The molecule has 4 aromatic carbocycles. The van der Waals surface area contributed by atoms with E-state index in [9.17, 15) is 47.0 Å². The summed E-state index contributed by atoms with van der Waals surface area (Å²) in [5, 5.41) is 37.3. The largest absolute Gasteiger partial charge is 0.508 e. The third-order valence-corrected chi connectivity index (χ3v) is 10.3. The normalized spacial score (nSPS) is 21.1. The molecule has 14 heteroatoms. The highest BCUT2D eigenvalue weighted by Gasteiger charge is 2.55. The minimum atomic E-state index is -4.55. The molecule has 5 N–H and O–H groups in total. The van der Waals surface area contributed by atoms with E-state index in [0.717, 1.165) is 44.2 Å². The van der Waals surface area contributed by atoms with Gasteiger partial charge in [-0.25, -0.2) is 8.78 Å². The number of carbonyl (C=O) groups excluding carboxylic acids is 2. The van der Waals surface area contributed by atoms with Crippen LogP contribution in [0.4, 0.5) is 33.3 Å². The molecule has 0 saturated heterocycles. The first kappa shape index (κ1) is 34.5. The standard InChI is InChI=1S/C21H20F3NO2.C17H11F2N3O3/c22-21(23,24)17-8-4-7-16-18(17)25-19(27)20(16,13-5-2-1-3-6-13)14-9-11-15(26)12-10-14;18-13-6-5-12-15(14(13)19)21-16(24)17(12,10-7-20-22(25)8-10)9-1-3-11(23)4-2-9/h4,7-13,26H,1-3,5-6H2,(H,25,27);1-8,23,25H,(H,21,24). The van der Waals surface area contributed by atoms with Gasteiger partial charge in [0.15, 0.2) is 11.6 Å². The fraction of sp³-hybridized carbons (Fsp3) is 0.237. The van der Waals surface area contributed by atoms with Gasteiger partial charge in [0.2, 0.25) is 11.8 Å². The molecular formula is C38H31F5N4O5. The number of rotatable bonds is 4. The van der Waals surface area contributed by atoms with Gasteiger partial charge in [-0.3, -0.25) is 9.59 Å². The van der Waals surface area contributed by atoms with Crippen LogP contribution in [0.15, 0.2) is 91.3 Å². The van der Waals surface area contributed by atoms with Crippen LogP contribution in [0.25, 0.3) is 0 Å². The maximum atomic E-state index is 14.2. The van der Waals surface area contributed by atoms with Crippen molar-refractivity contribution in [2.45, 2.75) is 49.1 Å². The van der Waals surface area contributed by atoms with Crippen molar-refractivity contribution in [1.29, 1.82) is 0 Å². The first-order valence-electron chi connectivity index (χ1n) is 16.4. The number of carbonyl (C=O) groups is 2. The Morgan fingerprint density at radius 1 is 0.731 bits per heavy atom. The van der Waals surface area contributed by atoms with Gasteiger partial charge < -0.3 is 26.1 Å². The summed E-state index contributed by atoms with van der Waals surface area (Å²) in [7, 11) is 0. The molecule has 2 amide bonds. The van der Waals surface area contributed by atoms with Crippen molar-refractivity contribution in [2.24, 2.45) is 5.92 Å². The molecule has 268 valence electrons. The first-order chi connectivity index (χ1) is 24.8. The molecule has 3 heterocycles. The topological polar surface area (TPSA) is 137 Å². The number of phenols is 2. The molecule has 2 atom stereocenters. The van der Waals surface area contributed by atoms with E-state index in [1.807, 2.05) is 0 Å². The van der Waals surface area contributed by atoms with Crippen LogP contribution in [0.5, 0.6) is 11.5 Å². The lowest BCUT2D eigenvalue weighted by Crippen LogP contribution is -2.43. The minimum absolute atomic E-state index is 0.0133. The maximum absolute atomic E-state index is 14.2. The van der Waals surface area contributed by atoms with Gasteiger partial charge in [-0.2, -0.15) is 13.2 Å². The zero-order valence-electron chi connectivity index (χ0n) is 27.2. The van der Waals surface area contributed by atoms with Crippen LogP contribution in [-0.4, -0.2) is 37.2 Å². The van der Waals surface area contributed by atoms with Gasteiger partial charge in [0, 0.05) is 11.1 Å². The number of phenolic OH excluding ortho intramolecular Hbond substituents is 2. The molecular weight excluding hydrogens is 687 g/mol. The Kier molecular flexibility index (Phi) is 8.43. The lowest BCUT2D eigenvalue weighted by molar-refractivity contribution is -0.137. The van der Waals surface area contributed by atoms with Gasteiger partial charge >= 0.3 is 6.18 Å². The summed E-state index contributed by atoms with van der Waals surface area (Å²) in [6.45, 7) is 0. The molecule has 1 saturated carbocycles. The lowest BCUT2D eigenvalue weighted by Gasteiger charge is -2.39. The summed E-state index contributed by atoms with van der Waals surface area (Å²) >= 11 is 0. The van der Waals surface area contributed by atoms with Crippen LogP contribution >= 0.6 is 0 Å². The van der Waals surface area contributed by atoms with Gasteiger partial charge in [0.1, 0.15) is 22.3 Å². The van der Waals surface area contributed by atoms with Crippen LogP contribution < -0.4 is 10.6 Å². The van der Waals surface area contributed by atoms with E-state index in [0.29, 0.717) is 21.5 Å². The molecule has 1 aromatic heterocycles. The molecule has 8 rings (SSSR count). The Balaban J connectivity index is 0.000000162. The molecule has 2 aliphatic heterocycles. The van der Waals surface area contributed by atoms with Crippen LogP contribution in [0.3, 0.4) is 0 Å². The van der Waals surface area contributed by atoms with Crippen LogP contribution in [-0.2, 0) is 26.6 Å². The predicted octanol–water partition coefficient (Wildman–Crippen LogP) is 7.62. The molecule has 3 aliphatic rings. The average Bonchev–Trinajstić information content (AvgIpc) is 3.78. The second-order valence-electron chi connectivity index (χ2n) is 13.1. The Bertz CT molecular complexity index is 2180. The van der Waals surface area contributed by atoms with E-state index >= 15 is 0 Å². The predicted molar refractivity (Wildman–Crippen MR) is 178 cm³/mol. The van der Waals surface area contributed by atoms with E-state index in [-0.39, 0.29) is 39.9 Å². The fourth-order valence-corrected chi connectivity index (χ4v) is 8.05. The summed E-state index contributed by atoms with van der Waals surface area (Å²) in [4.78, 5) is 26.7. The highest BCUT2D eigenvalue weighted by atomic mass is 19.4. The Morgan fingerprint density at radius 3 is 1.94 bits per heavy atom. The molecule has 0 spiro atoms.